The van der Waals surface area contributed by atoms with Gasteiger partial charge in [-0.3, -0.25) is 4.98 Å². The summed E-state index contributed by atoms with van der Waals surface area (Å²) in [5.74, 6) is 0. The minimum atomic E-state index is 0.956. The zero-order valence-electron chi connectivity index (χ0n) is 11.2. The lowest BCUT2D eigenvalue weighted by atomic mass is 10.1. The maximum absolute atomic E-state index is 4.49. The molecule has 0 aliphatic carbocycles. The van der Waals surface area contributed by atoms with Gasteiger partial charge in [-0.2, -0.15) is 0 Å². The number of hydrogen-bond donors (Lipinski definition) is 1. The Labute approximate surface area is 109 Å². The van der Waals surface area contributed by atoms with Crippen molar-refractivity contribution in [2.75, 3.05) is 27.2 Å². The molecule has 0 atom stereocenters. The molecule has 0 unspecified atom stereocenters. The fourth-order valence-electron chi connectivity index (χ4n) is 2.19. The number of nitrogens with zero attached hydrogens (tertiary/aromatic N) is 2. The average Bonchev–Trinajstić information content (AvgIpc) is 2.39. The van der Waals surface area contributed by atoms with Crippen molar-refractivity contribution in [3.8, 4) is 0 Å². The number of pyridine rings is 1. The minimum Gasteiger partial charge on any atom is -0.320 e. The number of para-hydroxylation sites is 1. The first-order chi connectivity index (χ1) is 8.81. The average molecular weight is 243 g/mol. The molecule has 1 aromatic heterocycles. The van der Waals surface area contributed by atoms with Crippen LogP contribution in [0.5, 0.6) is 0 Å². The predicted octanol–water partition coefficient (Wildman–Crippen LogP) is 2.28. The lowest BCUT2D eigenvalue weighted by molar-refractivity contribution is 0.322. The van der Waals surface area contributed by atoms with Crippen molar-refractivity contribution in [3.63, 3.8) is 0 Å². The molecular formula is C15H21N3. The van der Waals surface area contributed by atoms with Crippen LogP contribution >= 0.6 is 0 Å². The molecule has 0 radical (unpaired) electrons. The van der Waals surface area contributed by atoms with Crippen molar-refractivity contribution in [1.29, 1.82) is 0 Å². The first-order valence-corrected chi connectivity index (χ1v) is 6.47. The summed E-state index contributed by atoms with van der Waals surface area (Å²) >= 11 is 0. The van der Waals surface area contributed by atoms with Gasteiger partial charge in [0.05, 0.1) is 5.52 Å². The molecule has 0 amide bonds. The summed E-state index contributed by atoms with van der Waals surface area (Å²) in [6.07, 6.45) is 3.04. The fraction of sp³-hybridized carbons (Fsp3) is 0.400. The quantitative estimate of drug-likeness (QED) is 0.789. The fourth-order valence-corrected chi connectivity index (χ4v) is 2.19. The van der Waals surface area contributed by atoms with Gasteiger partial charge in [0.1, 0.15) is 0 Å². The van der Waals surface area contributed by atoms with E-state index in [9.17, 15) is 0 Å². The van der Waals surface area contributed by atoms with Crippen LogP contribution in [-0.2, 0) is 6.54 Å². The van der Waals surface area contributed by atoms with Crippen molar-refractivity contribution in [3.05, 3.63) is 42.1 Å². The minimum absolute atomic E-state index is 0.956. The van der Waals surface area contributed by atoms with Crippen LogP contribution in [0.3, 0.4) is 0 Å². The van der Waals surface area contributed by atoms with E-state index in [2.05, 4.69) is 46.5 Å². The van der Waals surface area contributed by atoms with E-state index in [1.165, 1.54) is 17.4 Å². The molecule has 1 aromatic carbocycles. The van der Waals surface area contributed by atoms with Gasteiger partial charge in [0, 0.05) is 18.1 Å². The molecule has 2 rings (SSSR count). The first-order valence-electron chi connectivity index (χ1n) is 6.47. The first kappa shape index (κ1) is 13.0. The van der Waals surface area contributed by atoms with E-state index in [0.717, 1.165) is 25.2 Å². The zero-order chi connectivity index (χ0) is 12.8. The summed E-state index contributed by atoms with van der Waals surface area (Å²) in [5.41, 5.74) is 2.43. The molecule has 0 aliphatic rings. The molecule has 0 aliphatic heterocycles. The predicted molar refractivity (Wildman–Crippen MR) is 76.6 cm³/mol. The molecule has 0 bridgehead atoms. The third-order valence-electron chi connectivity index (χ3n) is 3.12. The number of aromatic nitrogens is 1. The Hall–Kier alpha value is -1.45. The Morgan fingerprint density at radius 2 is 2.06 bits per heavy atom. The molecule has 0 saturated carbocycles. The molecular weight excluding hydrogens is 222 g/mol. The number of benzene rings is 1. The zero-order valence-corrected chi connectivity index (χ0v) is 11.2. The van der Waals surface area contributed by atoms with Gasteiger partial charge in [-0.15, -0.1) is 0 Å². The lowest BCUT2D eigenvalue weighted by Crippen LogP contribution is -2.22. The lowest BCUT2D eigenvalue weighted by Gasteiger charge is -2.17. The van der Waals surface area contributed by atoms with E-state index < -0.39 is 0 Å². The Kier molecular flexibility index (Phi) is 4.67. The van der Waals surface area contributed by atoms with Crippen LogP contribution in [0.4, 0.5) is 0 Å². The highest BCUT2D eigenvalue weighted by Crippen LogP contribution is 2.17. The summed E-state index contributed by atoms with van der Waals surface area (Å²) in [7, 11) is 4.16. The molecule has 0 spiro atoms. The standard InChI is InChI=1S/C15H21N3/c1-16-9-5-11-18(2)12-14-7-3-6-13-8-4-10-17-15(13)14/h3-4,6-8,10,16H,5,9,11-12H2,1-2H3. The van der Waals surface area contributed by atoms with Crippen LogP contribution in [0, 0.1) is 0 Å². The van der Waals surface area contributed by atoms with Crippen molar-refractivity contribution in [2.24, 2.45) is 0 Å². The normalized spacial score (nSPS) is 11.3. The molecule has 18 heavy (non-hydrogen) atoms. The molecule has 96 valence electrons. The van der Waals surface area contributed by atoms with Crippen molar-refractivity contribution >= 4 is 10.9 Å². The van der Waals surface area contributed by atoms with Crippen LogP contribution in [-0.4, -0.2) is 37.1 Å². The van der Waals surface area contributed by atoms with Crippen LogP contribution in [0.1, 0.15) is 12.0 Å². The largest absolute Gasteiger partial charge is 0.320 e. The summed E-state index contributed by atoms with van der Waals surface area (Å²) in [5, 5.41) is 4.40. The maximum atomic E-state index is 4.49. The van der Waals surface area contributed by atoms with Gasteiger partial charge in [-0.05, 0) is 45.2 Å². The van der Waals surface area contributed by atoms with E-state index in [1.54, 1.807) is 0 Å². The van der Waals surface area contributed by atoms with E-state index in [-0.39, 0.29) is 0 Å². The van der Waals surface area contributed by atoms with Crippen LogP contribution in [0.2, 0.25) is 0 Å². The van der Waals surface area contributed by atoms with Gasteiger partial charge >= 0.3 is 0 Å². The number of rotatable bonds is 6. The topological polar surface area (TPSA) is 28.2 Å². The summed E-state index contributed by atoms with van der Waals surface area (Å²) in [4.78, 5) is 6.84. The highest BCUT2D eigenvalue weighted by atomic mass is 15.1. The number of fused-ring (bicyclic) bond motifs is 1. The molecule has 0 saturated heterocycles. The van der Waals surface area contributed by atoms with E-state index in [4.69, 9.17) is 0 Å². The molecule has 1 heterocycles. The molecule has 0 fully saturated rings. The van der Waals surface area contributed by atoms with Crippen molar-refractivity contribution in [2.45, 2.75) is 13.0 Å². The highest BCUT2D eigenvalue weighted by Gasteiger charge is 2.04. The van der Waals surface area contributed by atoms with E-state index in [0.29, 0.717) is 0 Å². The van der Waals surface area contributed by atoms with Crippen molar-refractivity contribution < 1.29 is 0 Å². The molecule has 3 nitrogen and oxygen atoms in total. The third-order valence-corrected chi connectivity index (χ3v) is 3.12. The van der Waals surface area contributed by atoms with Gasteiger partial charge in [-0.25, -0.2) is 0 Å². The second-order valence-electron chi connectivity index (χ2n) is 4.69. The van der Waals surface area contributed by atoms with E-state index in [1.807, 2.05) is 19.3 Å². The monoisotopic (exact) mass is 243 g/mol. The van der Waals surface area contributed by atoms with Gasteiger partial charge in [-0.1, -0.05) is 24.3 Å². The van der Waals surface area contributed by atoms with Gasteiger partial charge in [0.25, 0.3) is 0 Å². The van der Waals surface area contributed by atoms with Crippen LogP contribution < -0.4 is 5.32 Å². The number of hydrogen-bond acceptors (Lipinski definition) is 3. The van der Waals surface area contributed by atoms with Gasteiger partial charge in [0.2, 0.25) is 0 Å². The second kappa shape index (κ2) is 6.47. The maximum Gasteiger partial charge on any atom is 0.0746 e. The molecule has 1 N–H and O–H groups in total. The van der Waals surface area contributed by atoms with Crippen LogP contribution in [0.15, 0.2) is 36.5 Å². The SMILES string of the molecule is CNCCCN(C)Cc1cccc2cccnc12. The van der Waals surface area contributed by atoms with Crippen LogP contribution in [0.25, 0.3) is 10.9 Å². The van der Waals surface area contributed by atoms with E-state index >= 15 is 0 Å². The summed E-state index contributed by atoms with van der Waals surface area (Å²) in [6, 6.07) is 10.5. The second-order valence-corrected chi connectivity index (χ2v) is 4.69. The summed E-state index contributed by atoms with van der Waals surface area (Å²) < 4.78 is 0. The number of nitrogens with one attached hydrogen (secondary N) is 1. The highest BCUT2D eigenvalue weighted by molar-refractivity contribution is 5.81. The summed E-state index contributed by atoms with van der Waals surface area (Å²) in [6.45, 7) is 3.13. The van der Waals surface area contributed by atoms with Crippen molar-refractivity contribution in [1.82, 2.24) is 15.2 Å². The Bertz CT molecular complexity index is 491. The van der Waals surface area contributed by atoms with Gasteiger partial charge in [0.15, 0.2) is 0 Å². The molecule has 2 aromatic rings. The third kappa shape index (κ3) is 3.28. The van der Waals surface area contributed by atoms with Gasteiger partial charge < -0.3 is 10.2 Å². The Morgan fingerprint density at radius 1 is 1.22 bits per heavy atom. The Balaban J connectivity index is 2.07. The molecule has 3 heteroatoms. The Morgan fingerprint density at radius 3 is 2.89 bits per heavy atom. The smallest absolute Gasteiger partial charge is 0.0746 e.